The Labute approximate surface area is 87.8 Å². The standard InChI is InChI=1S/Gd.H2O3Si.Zr/c;1-4(2)3;/h;1-2H;. The number of rotatable bonds is 0. The summed E-state index contributed by atoms with van der Waals surface area (Å²) in [6.07, 6.45) is 0. The normalized spacial score (nSPS) is 4.00. The second-order valence-corrected chi connectivity index (χ2v) is 0.848. The van der Waals surface area contributed by atoms with Crippen LogP contribution in [0.4, 0.5) is 0 Å². The van der Waals surface area contributed by atoms with Gasteiger partial charge in [-0.3, -0.25) is 4.46 Å². The van der Waals surface area contributed by atoms with Crippen molar-refractivity contribution in [3.05, 3.63) is 0 Å². The molecule has 0 fully saturated rings. The van der Waals surface area contributed by atoms with Crippen molar-refractivity contribution in [2.75, 3.05) is 0 Å². The zero-order valence-corrected chi connectivity index (χ0v) is 8.38. The van der Waals surface area contributed by atoms with Gasteiger partial charge in [0.05, 0.1) is 0 Å². The molecule has 36 valence electrons. The Hall–Kier alpha value is 1.82. The van der Waals surface area contributed by atoms with E-state index in [1.54, 1.807) is 0 Å². The molecule has 6 heteroatoms. The molecule has 0 radical (unpaired) electrons. The third kappa shape index (κ3) is 40.7. The van der Waals surface area contributed by atoms with Crippen LogP contribution < -0.4 is 0 Å². The van der Waals surface area contributed by atoms with Crippen LogP contribution in [0.1, 0.15) is 0 Å². The predicted octanol–water partition coefficient (Wildman–Crippen LogP) is -1.62. The van der Waals surface area contributed by atoms with Crippen LogP contribution in [-0.2, 0) is 30.7 Å². The molecule has 0 aromatic rings. The van der Waals surface area contributed by atoms with E-state index < -0.39 is 9.17 Å². The van der Waals surface area contributed by atoms with Gasteiger partial charge in [0, 0.05) is 66.1 Å². The summed E-state index contributed by atoms with van der Waals surface area (Å²) in [6, 6.07) is 0. The quantitative estimate of drug-likeness (QED) is 0.526. The smallest absolute Gasteiger partial charge is 0.511 e. The van der Waals surface area contributed by atoms with Gasteiger partial charge >= 0.3 is 9.17 Å². The SMILES string of the molecule is O=[Si](O)O.[Gd].[Zr]. The van der Waals surface area contributed by atoms with E-state index in [4.69, 9.17) is 14.1 Å². The van der Waals surface area contributed by atoms with E-state index in [2.05, 4.69) is 0 Å². The first-order chi connectivity index (χ1) is 1.73. The van der Waals surface area contributed by atoms with Crippen molar-refractivity contribution in [1.29, 1.82) is 0 Å². The molecular weight excluding hydrogens is 325 g/mol. The zero-order chi connectivity index (χ0) is 3.58. The van der Waals surface area contributed by atoms with Crippen LogP contribution in [0.2, 0.25) is 0 Å². The van der Waals surface area contributed by atoms with E-state index in [9.17, 15) is 0 Å². The van der Waals surface area contributed by atoms with Crippen molar-refractivity contribution in [3.8, 4) is 0 Å². The molecule has 6 heavy (non-hydrogen) atoms. The predicted molar refractivity (Wildman–Crippen MR) is 10.9 cm³/mol. The summed E-state index contributed by atoms with van der Waals surface area (Å²) in [5.74, 6) is 0. The first-order valence-electron chi connectivity index (χ1n) is 0.651. The maximum absolute atomic E-state index is 8.74. The van der Waals surface area contributed by atoms with Crippen molar-refractivity contribution < 1.29 is 80.2 Å². The van der Waals surface area contributed by atoms with Gasteiger partial charge in [-0.05, 0) is 0 Å². The Morgan fingerprint density at radius 2 is 1.33 bits per heavy atom. The first-order valence-corrected chi connectivity index (χ1v) is 1.95. The minimum Gasteiger partial charge on any atom is -0.511 e. The van der Waals surface area contributed by atoms with Gasteiger partial charge in [0.2, 0.25) is 0 Å². The van der Waals surface area contributed by atoms with E-state index in [1.807, 2.05) is 0 Å². The van der Waals surface area contributed by atoms with Gasteiger partial charge < -0.3 is 9.59 Å². The minimum atomic E-state index is -3.13. The van der Waals surface area contributed by atoms with Gasteiger partial charge in [-0.1, -0.05) is 0 Å². The van der Waals surface area contributed by atoms with Crippen molar-refractivity contribution in [2.45, 2.75) is 0 Å². The van der Waals surface area contributed by atoms with Crippen molar-refractivity contribution in [1.82, 2.24) is 0 Å². The topological polar surface area (TPSA) is 57.5 Å². The molecule has 0 saturated heterocycles. The fraction of sp³-hybridized carbons (Fsp3) is 0. The molecule has 3 nitrogen and oxygen atoms in total. The summed E-state index contributed by atoms with van der Waals surface area (Å²) < 4.78 is 8.74. The molecule has 0 aromatic heterocycles. The molecule has 0 unspecified atom stereocenters. The van der Waals surface area contributed by atoms with E-state index in [0.29, 0.717) is 0 Å². The molecule has 0 bridgehead atoms. The zero-order valence-electron chi connectivity index (χ0n) is 2.66. The van der Waals surface area contributed by atoms with Crippen LogP contribution in [0.5, 0.6) is 0 Å². The molecule has 0 aromatic carbocycles. The molecule has 0 amide bonds. The third-order valence-corrected chi connectivity index (χ3v) is 0. The van der Waals surface area contributed by atoms with E-state index in [-0.39, 0.29) is 66.1 Å². The Balaban J connectivity index is -0.0000000450. The number of hydrogen-bond donors (Lipinski definition) is 2. The van der Waals surface area contributed by atoms with Gasteiger partial charge in [-0.15, -0.1) is 0 Å². The summed E-state index contributed by atoms with van der Waals surface area (Å²) in [4.78, 5) is 14.3. The van der Waals surface area contributed by atoms with Gasteiger partial charge in [0.1, 0.15) is 0 Å². The Morgan fingerprint density at radius 3 is 1.33 bits per heavy atom. The van der Waals surface area contributed by atoms with Gasteiger partial charge in [-0.25, -0.2) is 0 Å². The van der Waals surface area contributed by atoms with Crippen LogP contribution in [0.15, 0.2) is 0 Å². The average Bonchev–Trinajstić information content (AvgIpc) is 0.811. The second kappa shape index (κ2) is 9.95. The molecule has 0 aliphatic rings. The molecule has 0 spiro atoms. The second-order valence-electron chi connectivity index (χ2n) is 0.283. The van der Waals surface area contributed by atoms with Gasteiger partial charge in [-0.2, -0.15) is 0 Å². The maximum atomic E-state index is 8.74. The Bertz CT molecular complexity index is 33.8. The fourth-order valence-electron chi connectivity index (χ4n) is 0. The van der Waals surface area contributed by atoms with Crippen LogP contribution in [0, 0.1) is 39.9 Å². The summed E-state index contributed by atoms with van der Waals surface area (Å²) >= 11 is 0. The maximum Gasteiger partial charge on any atom is 0.761 e. The van der Waals surface area contributed by atoms with Crippen LogP contribution >= 0.6 is 0 Å². The molecule has 2 N–H and O–H groups in total. The molecule has 0 aliphatic carbocycles. The summed E-state index contributed by atoms with van der Waals surface area (Å²) in [5, 5.41) is 0. The first kappa shape index (κ1) is 15.7. The molecule has 0 atom stereocenters. The summed E-state index contributed by atoms with van der Waals surface area (Å²) in [5.41, 5.74) is 0. The average molecular weight is 327 g/mol. The van der Waals surface area contributed by atoms with Crippen molar-refractivity contribution in [2.24, 2.45) is 0 Å². The third-order valence-electron chi connectivity index (χ3n) is 0. The number of hydrogen-bond acceptors (Lipinski definition) is 1. The molecule has 0 heterocycles. The Morgan fingerprint density at radius 1 is 1.33 bits per heavy atom. The van der Waals surface area contributed by atoms with Gasteiger partial charge in [0.25, 0.3) is 0 Å². The van der Waals surface area contributed by atoms with E-state index in [1.165, 1.54) is 0 Å². The molecular formula is H2GdO3SiZr. The van der Waals surface area contributed by atoms with Crippen molar-refractivity contribution in [3.63, 3.8) is 0 Å². The van der Waals surface area contributed by atoms with Crippen molar-refractivity contribution >= 4 is 9.17 Å². The van der Waals surface area contributed by atoms with Crippen LogP contribution in [0.25, 0.3) is 0 Å². The van der Waals surface area contributed by atoms with E-state index >= 15 is 0 Å². The van der Waals surface area contributed by atoms with Crippen LogP contribution in [0.3, 0.4) is 0 Å². The van der Waals surface area contributed by atoms with Crippen LogP contribution in [-0.4, -0.2) is 18.8 Å². The largest absolute Gasteiger partial charge is 0.761 e. The molecule has 0 aliphatic heterocycles. The fourth-order valence-corrected chi connectivity index (χ4v) is 0. The minimum absolute atomic E-state index is 0. The molecule has 0 saturated carbocycles. The monoisotopic (exact) mass is 326 g/mol. The van der Waals surface area contributed by atoms with Gasteiger partial charge in [0.15, 0.2) is 0 Å². The Kier molecular flexibility index (Phi) is 26.0. The van der Waals surface area contributed by atoms with E-state index in [0.717, 1.165) is 0 Å². The molecule has 0 rings (SSSR count). The summed E-state index contributed by atoms with van der Waals surface area (Å²) in [6.45, 7) is 0. The summed E-state index contributed by atoms with van der Waals surface area (Å²) in [7, 11) is -3.13.